The molecule has 0 aromatic heterocycles. The van der Waals surface area contributed by atoms with Gasteiger partial charge in [0.05, 0.1) is 6.61 Å². The van der Waals surface area contributed by atoms with Crippen LogP contribution < -0.4 is 0 Å². The average Bonchev–Trinajstić information content (AvgIpc) is 3.19. The number of carbonyl (C=O) groups excluding carboxylic acids is 2. The number of carbonyl (C=O) groups is 3. The third kappa shape index (κ3) is 8.39. The first kappa shape index (κ1) is 35.9. The van der Waals surface area contributed by atoms with Gasteiger partial charge in [-0.3, -0.25) is 4.79 Å². The maximum Gasteiger partial charge on any atom is 0.346 e. The van der Waals surface area contributed by atoms with Crippen LogP contribution in [0, 0.1) is 17.8 Å². The summed E-state index contributed by atoms with van der Waals surface area (Å²) >= 11 is 0. The van der Waals surface area contributed by atoms with E-state index in [1.165, 1.54) is 20.1 Å². The van der Waals surface area contributed by atoms with Crippen molar-refractivity contribution in [1.29, 1.82) is 0 Å². The molecule has 2 unspecified atom stereocenters. The Hall–Kier alpha value is -3.54. The molecule has 0 radical (unpaired) electrons. The summed E-state index contributed by atoms with van der Waals surface area (Å²) in [6.45, 7) is 13.2. The maximum atomic E-state index is 13.0. The first-order chi connectivity index (χ1) is 21.3. The highest BCUT2D eigenvalue weighted by molar-refractivity contribution is 6.12. The number of aliphatic hydroxyl groups is 1. The zero-order valence-corrected chi connectivity index (χ0v) is 27.1. The van der Waals surface area contributed by atoms with Crippen molar-refractivity contribution in [2.75, 3.05) is 13.7 Å². The van der Waals surface area contributed by atoms with Gasteiger partial charge >= 0.3 is 17.9 Å². The summed E-state index contributed by atoms with van der Waals surface area (Å²) in [6, 6.07) is 9.74. The van der Waals surface area contributed by atoms with E-state index in [2.05, 4.69) is 25.6 Å². The molecule has 0 amide bonds. The van der Waals surface area contributed by atoms with Crippen LogP contribution in [0.2, 0.25) is 0 Å². The number of rotatable bonds is 16. The van der Waals surface area contributed by atoms with E-state index in [-0.39, 0.29) is 37.0 Å². The van der Waals surface area contributed by atoms with Crippen molar-refractivity contribution in [3.05, 3.63) is 60.2 Å². The van der Waals surface area contributed by atoms with Gasteiger partial charge in [-0.25, -0.2) is 9.59 Å². The highest BCUT2D eigenvalue weighted by Crippen LogP contribution is 2.49. The number of hydrogen-bond donors (Lipinski definition) is 2. The number of carboxylic acids is 1. The summed E-state index contributed by atoms with van der Waals surface area (Å²) < 4.78 is 23.3. The lowest BCUT2D eigenvalue weighted by Gasteiger charge is -2.38. The summed E-state index contributed by atoms with van der Waals surface area (Å²) in [4.78, 5) is 42.7. The van der Waals surface area contributed by atoms with E-state index >= 15 is 0 Å². The second-order valence-electron chi connectivity index (χ2n) is 12.2. The number of oxime groups is 1. The number of aliphatic hydroxyl groups excluding tert-OH is 1. The van der Waals surface area contributed by atoms with Crippen LogP contribution in [0.4, 0.5) is 0 Å². The molecule has 2 aliphatic rings. The van der Waals surface area contributed by atoms with E-state index in [1.807, 2.05) is 44.2 Å². The molecular weight excluding hydrogens is 582 g/mol. The van der Waals surface area contributed by atoms with Crippen molar-refractivity contribution < 1.29 is 48.4 Å². The van der Waals surface area contributed by atoms with E-state index in [0.717, 1.165) is 18.4 Å². The van der Waals surface area contributed by atoms with Crippen molar-refractivity contribution in [2.45, 2.75) is 96.4 Å². The number of allylic oxidation sites excluding steroid dienone is 1. The Morgan fingerprint density at radius 1 is 1.20 bits per heavy atom. The molecule has 0 spiro atoms. The third-order valence-electron chi connectivity index (χ3n) is 8.56. The number of hydrogen-bond acceptors (Lipinski definition) is 10. The summed E-state index contributed by atoms with van der Waals surface area (Å²) in [7, 11) is 1.23. The fourth-order valence-corrected chi connectivity index (χ4v) is 6.03. The van der Waals surface area contributed by atoms with Gasteiger partial charge in [-0.1, -0.05) is 82.3 Å². The third-order valence-corrected chi connectivity index (χ3v) is 8.56. The van der Waals surface area contributed by atoms with Gasteiger partial charge in [-0.2, -0.15) is 0 Å². The molecule has 0 aliphatic carbocycles. The molecule has 2 fully saturated rings. The molecule has 2 saturated heterocycles. The molecule has 1 aromatic rings. The zero-order valence-electron chi connectivity index (χ0n) is 27.1. The number of fused-ring (bicyclic) bond motifs is 2. The topological polar surface area (TPSA) is 150 Å². The van der Waals surface area contributed by atoms with Crippen LogP contribution >= 0.6 is 0 Å². The Morgan fingerprint density at radius 2 is 1.89 bits per heavy atom. The predicted molar refractivity (Wildman–Crippen MR) is 166 cm³/mol. The second-order valence-corrected chi connectivity index (χ2v) is 12.2. The smallest absolute Gasteiger partial charge is 0.346 e. The molecule has 2 heterocycles. The van der Waals surface area contributed by atoms with Crippen LogP contribution in [-0.2, 0) is 44.6 Å². The lowest BCUT2D eigenvalue weighted by Crippen LogP contribution is -2.60. The minimum Gasteiger partial charge on any atom is -0.479 e. The minimum absolute atomic E-state index is 0.0747. The largest absolute Gasteiger partial charge is 0.479 e. The summed E-state index contributed by atoms with van der Waals surface area (Å²) in [5.74, 6) is -4.35. The molecule has 2 aliphatic heterocycles. The number of aliphatic carboxylic acids is 1. The number of nitrogens with zero attached hydrogens (tertiary/aromatic N) is 1. The molecule has 2 bridgehead atoms. The average molecular weight is 630 g/mol. The van der Waals surface area contributed by atoms with Crippen molar-refractivity contribution in [2.24, 2.45) is 22.9 Å². The Labute approximate surface area is 265 Å². The van der Waals surface area contributed by atoms with Gasteiger partial charge in [0, 0.05) is 25.3 Å². The molecule has 2 N–H and O–H groups in total. The van der Waals surface area contributed by atoms with Gasteiger partial charge in [-0.05, 0) is 42.2 Å². The number of esters is 2. The first-order valence-corrected chi connectivity index (χ1v) is 15.4. The molecule has 0 saturated carbocycles. The van der Waals surface area contributed by atoms with Gasteiger partial charge in [0.25, 0.3) is 5.60 Å². The van der Waals surface area contributed by atoms with Crippen molar-refractivity contribution in [1.82, 2.24) is 0 Å². The Morgan fingerprint density at radius 3 is 2.49 bits per heavy atom. The van der Waals surface area contributed by atoms with E-state index in [4.69, 9.17) is 23.8 Å². The fourth-order valence-electron chi connectivity index (χ4n) is 6.03. The van der Waals surface area contributed by atoms with E-state index in [9.17, 15) is 24.6 Å². The van der Waals surface area contributed by atoms with Gasteiger partial charge in [-0.15, -0.1) is 0 Å². The normalized spacial score (nSPS) is 27.8. The van der Waals surface area contributed by atoms with E-state index in [0.29, 0.717) is 17.9 Å². The molecular formula is C34H47NO10. The van der Waals surface area contributed by atoms with Crippen LogP contribution in [0.25, 0.3) is 0 Å². The Balaban J connectivity index is 1.85. The SMILES string of the molecule is C=C(CCC12OC/C(=N\OC)C(C(=O)O)(O1)[C@H](OC(=O)/C=C/[C@@H](C)C[C@@H](C)CC)[C@H]2O)[C@@H](OC(C)=O)[C@H](C)Cc1ccccc1. The molecule has 8 atom stereocenters. The monoisotopic (exact) mass is 629 g/mol. The molecule has 11 heteroatoms. The lowest BCUT2D eigenvalue weighted by atomic mass is 9.87. The molecule has 45 heavy (non-hydrogen) atoms. The highest BCUT2D eigenvalue weighted by Gasteiger charge is 2.74. The van der Waals surface area contributed by atoms with Crippen molar-refractivity contribution >= 4 is 23.6 Å². The van der Waals surface area contributed by atoms with E-state index < -0.39 is 47.6 Å². The van der Waals surface area contributed by atoms with Crippen molar-refractivity contribution in [3.63, 3.8) is 0 Å². The molecule has 1 aromatic carbocycles. The quantitative estimate of drug-likeness (QED) is 0.115. The van der Waals surface area contributed by atoms with Gasteiger partial charge in [0.1, 0.15) is 25.0 Å². The van der Waals surface area contributed by atoms with Crippen LogP contribution in [0.15, 0.2) is 59.8 Å². The highest BCUT2D eigenvalue weighted by atomic mass is 16.8. The first-order valence-electron chi connectivity index (χ1n) is 15.4. The van der Waals surface area contributed by atoms with E-state index in [1.54, 1.807) is 6.08 Å². The molecule has 248 valence electrons. The lowest BCUT2D eigenvalue weighted by molar-refractivity contribution is -0.277. The molecule has 11 nitrogen and oxygen atoms in total. The number of benzene rings is 1. The predicted octanol–water partition coefficient (Wildman–Crippen LogP) is 4.62. The van der Waals surface area contributed by atoms with Crippen LogP contribution in [-0.4, -0.2) is 77.2 Å². The second kappa shape index (κ2) is 15.6. The summed E-state index contributed by atoms with van der Waals surface area (Å²) in [5.41, 5.74) is -0.984. The summed E-state index contributed by atoms with van der Waals surface area (Å²) in [6.07, 6.45) is 1.36. The van der Waals surface area contributed by atoms with Crippen LogP contribution in [0.5, 0.6) is 0 Å². The van der Waals surface area contributed by atoms with Crippen molar-refractivity contribution in [3.8, 4) is 0 Å². The van der Waals surface area contributed by atoms with Gasteiger partial charge < -0.3 is 34.0 Å². The van der Waals surface area contributed by atoms with Crippen LogP contribution in [0.1, 0.15) is 65.9 Å². The number of carboxylic acid groups (broad SMARTS) is 1. The standard InChI is InChI=1S/C34H47NO10/c1-8-21(2)18-22(3)14-15-28(37)44-31-30(38)33(42-20-27(35-41-7)34(31,45-33)32(39)40)17-16-23(4)29(43-25(6)36)24(5)19-26-12-10-9-11-13-26/h9-15,21-22,24,29-31,38H,4,8,16-20H2,1-3,5-7H3,(H,39,40)/b15-14+,35-27+/t21-,22+,24+,29+,30+,31+,33?,34?/m0/s1. The zero-order chi connectivity index (χ0) is 33.4. The maximum absolute atomic E-state index is 13.0. The fraction of sp³-hybridized carbons (Fsp3) is 0.588. The van der Waals surface area contributed by atoms with Gasteiger partial charge in [0.15, 0.2) is 6.10 Å². The summed E-state index contributed by atoms with van der Waals surface area (Å²) in [5, 5.41) is 25.8. The van der Waals surface area contributed by atoms with Gasteiger partial charge in [0.2, 0.25) is 5.79 Å². The van der Waals surface area contributed by atoms with Crippen LogP contribution in [0.3, 0.4) is 0 Å². The molecule has 3 rings (SSSR count). The Bertz CT molecular complexity index is 1260. The number of ether oxygens (including phenoxy) is 4. The Kier molecular flexibility index (Phi) is 12.5. The minimum atomic E-state index is -2.36.